The van der Waals surface area contributed by atoms with E-state index in [4.69, 9.17) is 0 Å². The minimum Gasteiger partial charge on any atom is -0.744 e. The first-order valence-electron chi connectivity index (χ1n) is 13.6. The first kappa shape index (κ1) is 33.7. The van der Waals surface area contributed by atoms with Gasteiger partial charge in [0.2, 0.25) is 0 Å². The number of hydrogen-bond acceptors (Lipinski definition) is 5. The van der Waals surface area contributed by atoms with E-state index in [2.05, 4.69) is 13.8 Å². The number of carboxylic acid groups (broad SMARTS) is 1. The van der Waals surface area contributed by atoms with E-state index < -0.39 is 26.5 Å². The number of benzene rings is 2. The summed E-state index contributed by atoms with van der Waals surface area (Å²) in [4.78, 5) is 11.5. The molecule has 36 heavy (non-hydrogen) atoms. The van der Waals surface area contributed by atoms with Gasteiger partial charge in [-0.25, -0.2) is 8.42 Å². The molecule has 0 spiro atoms. The van der Waals surface area contributed by atoms with Crippen LogP contribution in [0.4, 0.5) is 0 Å². The van der Waals surface area contributed by atoms with Gasteiger partial charge >= 0.3 is 48.9 Å². The second kappa shape index (κ2) is 18.0. The molecule has 0 aromatic heterocycles. The molecule has 0 N–H and O–H groups in total. The summed E-state index contributed by atoms with van der Waals surface area (Å²) in [5.74, 6) is -1.61. The number of unbranched alkanes of at least 4 members (excludes halogenated alkanes) is 12. The smallest absolute Gasteiger partial charge is 0.744 e. The minimum absolute atomic E-state index is 0. The van der Waals surface area contributed by atoms with Crippen molar-refractivity contribution in [2.24, 2.45) is 0 Å². The fourth-order valence-corrected chi connectivity index (χ4v) is 6.05. The van der Waals surface area contributed by atoms with E-state index in [0.717, 1.165) is 55.9 Å². The van der Waals surface area contributed by atoms with Crippen molar-refractivity contribution < 1.29 is 22.9 Å². The van der Waals surface area contributed by atoms with Crippen molar-refractivity contribution in [2.45, 2.75) is 121 Å². The molecule has 0 aliphatic heterocycles. The van der Waals surface area contributed by atoms with E-state index in [9.17, 15) is 22.9 Å². The average Bonchev–Trinajstić information content (AvgIpc) is 2.82. The molecule has 0 heterocycles. The predicted octanol–water partition coefficient (Wildman–Crippen LogP) is 6.31. The van der Waals surface area contributed by atoms with Crippen molar-refractivity contribution in [3.63, 3.8) is 0 Å². The molecule has 0 amide bonds. The Balaban J connectivity index is 0.00000648. The Morgan fingerprint density at radius 2 is 1.11 bits per heavy atom. The zero-order valence-electron chi connectivity index (χ0n) is 22.3. The van der Waals surface area contributed by atoms with Crippen LogP contribution in [0, 0.1) is 0 Å². The number of rotatable bonds is 18. The van der Waals surface area contributed by atoms with Crippen LogP contribution < -0.4 is 5.11 Å². The standard InChI is InChI=1S/C29H44O5S.Ba/c1-3-5-7-9-11-13-15-19-24-23-20-17-18-21-25(23)27(29(30)31)28(35(32,33)34)26(24)22-16-14-12-10-8-6-4-2;/h17-18,20-21H,3-16,19,22H2,1-2H3,(H,30,31)(H,32,33,34);/q;+2/p-2. The summed E-state index contributed by atoms with van der Waals surface area (Å²) in [6.45, 7) is 4.36. The van der Waals surface area contributed by atoms with Gasteiger partial charge in [0, 0.05) is 5.56 Å². The first-order chi connectivity index (χ1) is 16.8. The van der Waals surface area contributed by atoms with Crippen LogP contribution >= 0.6 is 0 Å². The molecule has 0 fully saturated rings. The number of hydrogen-bond donors (Lipinski definition) is 0. The number of aromatic carboxylic acids is 1. The predicted molar refractivity (Wildman–Crippen MR) is 145 cm³/mol. The molecule has 0 unspecified atom stereocenters. The normalized spacial score (nSPS) is 11.5. The van der Waals surface area contributed by atoms with E-state index in [0.29, 0.717) is 18.4 Å². The number of fused-ring (bicyclic) bond motifs is 1. The minimum atomic E-state index is -4.99. The topological polar surface area (TPSA) is 97.3 Å². The summed E-state index contributed by atoms with van der Waals surface area (Å²) < 4.78 is 37.2. The number of carboxylic acids is 1. The van der Waals surface area contributed by atoms with Gasteiger partial charge in [0.15, 0.2) is 0 Å². The van der Waals surface area contributed by atoms with Crippen molar-refractivity contribution >= 4 is 75.7 Å². The van der Waals surface area contributed by atoms with Crippen LogP contribution in [-0.2, 0) is 23.0 Å². The van der Waals surface area contributed by atoms with E-state index in [1.54, 1.807) is 12.1 Å². The van der Waals surface area contributed by atoms with E-state index in [1.807, 2.05) is 12.1 Å². The average molecular weight is 640 g/mol. The molecule has 7 heteroatoms. The van der Waals surface area contributed by atoms with Crippen molar-refractivity contribution in [3.8, 4) is 0 Å². The fourth-order valence-electron chi connectivity index (χ4n) is 5.08. The largest absolute Gasteiger partial charge is 2.00 e. The Kier molecular flexibility index (Phi) is 16.9. The third-order valence-corrected chi connectivity index (χ3v) is 7.85. The molecule has 0 aliphatic carbocycles. The molecule has 0 bridgehead atoms. The molecule has 0 saturated heterocycles. The van der Waals surface area contributed by atoms with Gasteiger partial charge in [-0.05, 0) is 47.6 Å². The van der Waals surface area contributed by atoms with Gasteiger partial charge in [-0.1, -0.05) is 115 Å². The zero-order valence-corrected chi connectivity index (χ0v) is 27.5. The molecule has 0 radical (unpaired) electrons. The van der Waals surface area contributed by atoms with Crippen LogP contribution in [0.1, 0.15) is 125 Å². The van der Waals surface area contributed by atoms with Gasteiger partial charge in [-0.2, -0.15) is 0 Å². The molecule has 2 aromatic carbocycles. The van der Waals surface area contributed by atoms with Crippen LogP contribution in [0.3, 0.4) is 0 Å². The van der Waals surface area contributed by atoms with Crippen LogP contribution in [0.25, 0.3) is 10.8 Å². The van der Waals surface area contributed by atoms with Gasteiger partial charge in [-0.15, -0.1) is 0 Å². The van der Waals surface area contributed by atoms with Crippen molar-refractivity contribution in [1.82, 2.24) is 0 Å². The monoisotopic (exact) mass is 640 g/mol. The maximum atomic E-state index is 12.4. The quantitative estimate of drug-likeness (QED) is 0.108. The summed E-state index contributed by atoms with van der Waals surface area (Å²) in [6.07, 6.45) is 16.3. The maximum absolute atomic E-state index is 12.4. The van der Waals surface area contributed by atoms with Crippen LogP contribution in [0.2, 0.25) is 0 Å². The summed E-state index contributed by atoms with van der Waals surface area (Å²) >= 11 is 0. The fraction of sp³-hybridized carbons (Fsp3) is 0.621. The molecule has 0 atom stereocenters. The van der Waals surface area contributed by atoms with Gasteiger partial charge in [0.05, 0.1) is 10.9 Å². The number of aryl methyl sites for hydroxylation is 1. The molecular formula is C29H42BaO5S. The zero-order chi connectivity index (χ0) is 25.7. The second-order valence-corrected chi connectivity index (χ2v) is 11.0. The van der Waals surface area contributed by atoms with Crippen molar-refractivity contribution in [2.75, 3.05) is 0 Å². The second-order valence-electron chi connectivity index (χ2n) is 9.69. The van der Waals surface area contributed by atoms with E-state index in [1.165, 1.54) is 44.9 Å². The molecule has 0 saturated carbocycles. The van der Waals surface area contributed by atoms with Crippen molar-refractivity contribution in [1.29, 1.82) is 0 Å². The number of carbonyl (C=O) groups excluding carboxylic acids is 1. The Hall–Kier alpha value is -0.349. The molecule has 0 aliphatic rings. The molecule has 2 aromatic rings. The van der Waals surface area contributed by atoms with Gasteiger partial charge < -0.3 is 14.5 Å². The van der Waals surface area contributed by atoms with E-state index >= 15 is 0 Å². The maximum Gasteiger partial charge on any atom is 2.00 e. The Bertz CT molecular complexity index is 1050. The Morgan fingerprint density at radius 1 is 0.694 bits per heavy atom. The Morgan fingerprint density at radius 3 is 1.56 bits per heavy atom. The van der Waals surface area contributed by atoms with Crippen LogP contribution in [0.5, 0.6) is 0 Å². The first-order valence-corrected chi connectivity index (χ1v) is 15.0. The van der Waals surface area contributed by atoms with E-state index in [-0.39, 0.29) is 54.3 Å². The third-order valence-electron chi connectivity index (χ3n) is 6.90. The van der Waals surface area contributed by atoms with Crippen LogP contribution in [0.15, 0.2) is 29.2 Å². The van der Waals surface area contributed by atoms with Crippen molar-refractivity contribution in [3.05, 3.63) is 41.0 Å². The van der Waals surface area contributed by atoms with Gasteiger partial charge in [0.1, 0.15) is 10.1 Å². The molecule has 196 valence electrons. The van der Waals surface area contributed by atoms with Gasteiger partial charge in [0.25, 0.3) is 0 Å². The summed E-state index contributed by atoms with van der Waals surface area (Å²) in [6, 6.07) is 6.93. The Labute approximate surface area is 258 Å². The summed E-state index contributed by atoms with van der Waals surface area (Å²) in [5.41, 5.74) is 0.744. The summed E-state index contributed by atoms with van der Waals surface area (Å²) in [5, 5.41) is 13.1. The third kappa shape index (κ3) is 10.4. The van der Waals surface area contributed by atoms with Crippen LogP contribution in [-0.4, -0.2) is 67.8 Å². The number of carbonyl (C=O) groups is 1. The molecule has 2 rings (SSSR count). The molecular weight excluding hydrogens is 598 g/mol. The SMILES string of the molecule is CCCCCCCCCc1c(S(=O)(=O)[O-])c(C(=O)[O-])c2ccccc2c1CCCCCCCCC.[Ba+2]. The van der Waals surface area contributed by atoms with Gasteiger partial charge in [-0.3, -0.25) is 0 Å². The molecule has 5 nitrogen and oxygen atoms in total. The summed E-state index contributed by atoms with van der Waals surface area (Å²) in [7, 11) is -4.99.